The highest BCUT2D eigenvalue weighted by Crippen LogP contribution is 2.38. The van der Waals surface area contributed by atoms with Crippen molar-refractivity contribution in [3.63, 3.8) is 0 Å². The van der Waals surface area contributed by atoms with E-state index in [0.717, 1.165) is 31.2 Å². The Morgan fingerprint density at radius 2 is 1.74 bits per heavy atom. The molecule has 0 spiro atoms. The summed E-state index contributed by atoms with van der Waals surface area (Å²) in [6, 6.07) is -0.268. The highest BCUT2D eigenvalue weighted by molar-refractivity contribution is 7.93. The van der Waals surface area contributed by atoms with Crippen LogP contribution in [0.3, 0.4) is 0 Å². The molecule has 1 aliphatic carbocycles. The molecule has 2 aromatic heterocycles. The number of rotatable bonds is 9. The molecule has 4 rings (SSSR count). The van der Waals surface area contributed by atoms with E-state index in [1.165, 1.54) is 0 Å². The molecule has 0 aromatic carbocycles. The zero-order valence-electron chi connectivity index (χ0n) is 21.0. The molecule has 0 bridgehead atoms. The van der Waals surface area contributed by atoms with Crippen LogP contribution < -0.4 is 4.72 Å². The zero-order chi connectivity index (χ0) is 25.2. The van der Waals surface area contributed by atoms with Crippen molar-refractivity contribution in [2.75, 3.05) is 32.2 Å². The van der Waals surface area contributed by atoms with Crippen LogP contribution in [-0.4, -0.2) is 78.0 Å². The largest absolute Gasteiger partial charge is 0.381 e. The fraction of sp³-hybridized carbons (Fsp3) is 0.739. The third-order valence-corrected chi connectivity index (χ3v) is 9.15. The van der Waals surface area contributed by atoms with E-state index in [9.17, 15) is 8.42 Å². The van der Waals surface area contributed by atoms with Crippen LogP contribution >= 0.6 is 0 Å². The molecule has 194 valence electrons. The number of methoxy groups -OCH3 is 2. The first-order chi connectivity index (χ1) is 16.8. The molecule has 1 saturated heterocycles. The van der Waals surface area contributed by atoms with Crippen LogP contribution in [0.1, 0.15) is 74.6 Å². The van der Waals surface area contributed by atoms with E-state index in [4.69, 9.17) is 14.2 Å². The van der Waals surface area contributed by atoms with Crippen LogP contribution in [0.25, 0.3) is 0 Å². The Balaban J connectivity index is 1.69. The highest BCUT2D eigenvalue weighted by atomic mass is 32.2. The Labute approximate surface area is 207 Å². The lowest BCUT2D eigenvalue weighted by molar-refractivity contribution is -0.0564. The van der Waals surface area contributed by atoms with Crippen LogP contribution in [0.2, 0.25) is 0 Å². The van der Waals surface area contributed by atoms with Gasteiger partial charge >= 0.3 is 0 Å². The van der Waals surface area contributed by atoms with Crippen LogP contribution in [0.15, 0.2) is 12.4 Å². The van der Waals surface area contributed by atoms with Gasteiger partial charge in [0.15, 0.2) is 0 Å². The number of hydrogen-bond acceptors (Lipinski definition) is 9. The second-order valence-corrected chi connectivity index (χ2v) is 11.6. The maximum absolute atomic E-state index is 13.5. The van der Waals surface area contributed by atoms with Gasteiger partial charge in [-0.25, -0.2) is 18.4 Å². The molecule has 1 aliphatic heterocycles. The van der Waals surface area contributed by atoms with E-state index in [-0.39, 0.29) is 30.1 Å². The monoisotopic (exact) mass is 508 g/mol. The number of aromatic nitrogens is 5. The van der Waals surface area contributed by atoms with Crippen LogP contribution in [-0.2, 0) is 24.2 Å². The highest BCUT2D eigenvalue weighted by Gasteiger charge is 2.41. The van der Waals surface area contributed by atoms with Crippen molar-refractivity contribution < 1.29 is 22.6 Å². The molecule has 3 heterocycles. The third kappa shape index (κ3) is 5.35. The van der Waals surface area contributed by atoms with Gasteiger partial charge in [0.1, 0.15) is 11.6 Å². The quantitative estimate of drug-likeness (QED) is 0.543. The summed E-state index contributed by atoms with van der Waals surface area (Å²) in [4.78, 5) is 8.65. The summed E-state index contributed by atoms with van der Waals surface area (Å²) >= 11 is 0. The minimum atomic E-state index is -3.86. The average Bonchev–Trinajstić information content (AvgIpc) is 3.52. The molecule has 12 heteroatoms. The van der Waals surface area contributed by atoms with Crippen LogP contribution in [0.5, 0.6) is 0 Å². The Kier molecular flexibility index (Phi) is 8.04. The van der Waals surface area contributed by atoms with Crippen molar-refractivity contribution in [1.82, 2.24) is 24.7 Å². The van der Waals surface area contributed by atoms with Gasteiger partial charge in [-0.1, -0.05) is 6.92 Å². The lowest BCUT2D eigenvalue weighted by Crippen LogP contribution is -2.42. The Morgan fingerprint density at radius 3 is 2.31 bits per heavy atom. The van der Waals surface area contributed by atoms with E-state index in [2.05, 4.69) is 24.9 Å². The van der Waals surface area contributed by atoms with Gasteiger partial charge in [0.2, 0.25) is 16.0 Å². The van der Waals surface area contributed by atoms with E-state index in [1.54, 1.807) is 33.5 Å². The predicted octanol–water partition coefficient (Wildman–Crippen LogP) is 2.57. The Hall–Kier alpha value is -2.15. The smallest absolute Gasteiger partial charge is 0.238 e. The SMILES string of the molecule is CO[C@H]1CCC[C@@H](OC)C1n1c(NS(=O)(=O)[C@@H](C)[C@H](C)c2ncc(C)cn2)nnc1[C@@H]1CCOC1. The molecule has 0 amide bonds. The fourth-order valence-corrected chi connectivity index (χ4v) is 6.21. The van der Waals surface area contributed by atoms with Gasteiger partial charge in [-0.2, -0.15) is 0 Å². The summed E-state index contributed by atoms with van der Waals surface area (Å²) in [5, 5.41) is 7.94. The summed E-state index contributed by atoms with van der Waals surface area (Å²) in [5.41, 5.74) is 0.916. The molecule has 2 fully saturated rings. The first-order valence-electron chi connectivity index (χ1n) is 12.1. The second-order valence-electron chi connectivity index (χ2n) is 9.54. The van der Waals surface area contributed by atoms with Crippen molar-refractivity contribution in [3.8, 4) is 0 Å². The number of ether oxygens (including phenoxy) is 3. The summed E-state index contributed by atoms with van der Waals surface area (Å²) in [7, 11) is -0.508. The number of hydrogen-bond donors (Lipinski definition) is 1. The maximum atomic E-state index is 13.5. The maximum Gasteiger partial charge on any atom is 0.238 e. The average molecular weight is 509 g/mol. The normalized spacial score (nSPS) is 27.0. The van der Waals surface area contributed by atoms with Crippen molar-refractivity contribution in [2.24, 2.45) is 0 Å². The molecule has 1 N–H and O–H groups in total. The van der Waals surface area contributed by atoms with Crippen LogP contribution in [0, 0.1) is 6.92 Å². The minimum absolute atomic E-state index is 0.0231. The van der Waals surface area contributed by atoms with Crippen molar-refractivity contribution in [1.29, 1.82) is 0 Å². The molecule has 2 aliphatic rings. The number of anilines is 1. The van der Waals surface area contributed by atoms with E-state index >= 15 is 0 Å². The summed E-state index contributed by atoms with van der Waals surface area (Å²) in [6.07, 6.45) is 6.50. The number of nitrogens with zero attached hydrogens (tertiary/aromatic N) is 5. The summed E-state index contributed by atoms with van der Waals surface area (Å²) in [6.45, 7) is 6.51. The van der Waals surface area contributed by atoms with Gasteiger partial charge in [0, 0.05) is 45.1 Å². The van der Waals surface area contributed by atoms with Gasteiger partial charge in [0.25, 0.3) is 0 Å². The number of nitrogens with one attached hydrogen (secondary N) is 1. The molecule has 35 heavy (non-hydrogen) atoms. The minimum Gasteiger partial charge on any atom is -0.381 e. The van der Waals surface area contributed by atoms with E-state index in [0.29, 0.717) is 24.9 Å². The molecule has 0 radical (unpaired) electrons. The summed E-state index contributed by atoms with van der Waals surface area (Å²) in [5.74, 6) is 0.936. The van der Waals surface area contributed by atoms with Crippen molar-refractivity contribution >= 4 is 16.0 Å². The number of aryl methyl sites for hydroxylation is 1. The second kappa shape index (κ2) is 10.9. The number of sulfonamides is 1. The molecule has 1 saturated carbocycles. The van der Waals surface area contributed by atoms with Gasteiger partial charge < -0.3 is 14.2 Å². The van der Waals surface area contributed by atoms with Gasteiger partial charge in [-0.3, -0.25) is 9.29 Å². The molecule has 11 nitrogen and oxygen atoms in total. The fourth-order valence-electron chi connectivity index (χ4n) is 4.97. The lowest BCUT2D eigenvalue weighted by Gasteiger charge is -2.38. The van der Waals surface area contributed by atoms with Crippen LogP contribution in [0.4, 0.5) is 5.95 Å². The standard InChI is InChI=1S/C23H36N6O5S/c1-14-11-24-21(25-12-14)15(2)16(3)35(30,31)28-23-27-26-22(17-9-10-34-13-17)29(23)20-18(32-4)7-6-8-19(20)33-5/h11-12,15-20H,6-10,13H2,1-5H3,(H,27,28)/t15-,16-,17+,18-,19+,20?/m0/s1. The molecule has 6 atom stereocenters. The molecule has 2 aromatic rings. The lowest BCUT2D eigenvalue weighted by atomic mass is 9.88. The first kappa shape index (κ1) is 25.9. The van der Waals surface area contributed by atoms with E-state index < -0.39 is 21.2 Å². The molecular weight excluding hydrogens is 472 g/mol. The first-order valence-corrected chi connectivity index (χ1v) is 13.7. The molecular formula is C23H36N6O5S. The van der Waals surface area contributed by atoms with Gasteiger partial charge in [-0.05, 0) is 45.1 Å². The van der Waals surface area contributed by atoms with Gasteiger partial charge in [-0.15, -0.1) is 10.2 Å². The third-order valence-electron chi connectivity index (χ3n) is 7.30. The summed E-state index contributed by atoms with van der Waals surface area (Å²) < 4.78 is 48.9. The topological polar surface area (TPSA) is 130 Å². The molecule has 1 unspecified atom stereocenters. The van der Waals surface area contributed by atoms with Crippen molar-refractivity contribution in [2.45, 2.75) is 81.8 Å². The zero-order valence-corrected chi connectivity index (χ0v) is 21.9. The Morgan fingerprint density at radius 1 is 1.09 bits per heavy atom. The Bertz CT molecular complexity index is 1070. The van der Waals surface area contributed by atoms with Crippen molar-refractivity contribution in [3.05, 3.63) is 29.6 Å². The van der Waals surface area contributed by atoms with Gasteiger partial charge in [0.05, 0.1) is 30.1 Å². The van der Waals surface area contributed by atoms with E-state index in [1.807, 2.05) is 18.4 Å². The predicted molar refractivity (Wildman–Crippen MR) is 130 cm³/mol.